The molecule has 0 aliphatic carbocycles. The summed E-state index contributed by atoms with van der Waals surface area (Å²) in [6, 6.07) is 11.6. The fourth-order valence-corrected chi connectivity index (χ4v) is 3.90. The van der Waals surface area contributed by atoms with Gasteiger partial charge in [-0.25, -0.2) is 4.39 Å². The van der Waals surface area contributed by atoms with Crippen molar-refractivity contribution in [2.24, 2.45) is 0 Å². The Bertz CT molecular complexity index is 1300. The molecule has 0 aliphatic rings. The van der Waals surface area contributed by atoms with E-state index in [2.05, 4.69) is 15.2 Å². The lowest BCUT2D eigenvalue weighted by atomic mass is 10.0. The number of pyridine rings is 1. The predicted octanol–water partition coefficient (Wildman–Crippen LogP) is 5.05. The molecule has 1 N–H and O–H groups in total. The summed E-state index contributed by atoms with van der Waals surface area (Å²) < 4.78 is 19.5. The second-order valence-corrected chi connectivity index (χ2v) is 7.74. The third kappa shape index (κ3) is 4.06. The topological polar surface area (TPSA) is 71.1 Å². The maximum absolute atomic E-state index is 13.7. The summed E-state index contributed by atoms with van der Waals surface area (Å²) in [5.41, 5.74) is 5.52. The standard InChI is InChI=1S/C25H25FN4O2/c1-5-32-23-12-18(9-10-20(23)17-7-6-8-19(26)11-17)25(31)30(4)14-22-16(3)28-15(2)21-13-27-29-24(21)22/h6-13H,5,14H2,1-4H3,(H,27,29). The molecular weight excluding hydrogens is 407 g/mol. The van der Waals surface area contributed by atoms with Crippen LogP contribution >= 0.6 is 0 Å². The number of nitrogens with one attached hydrogen (secondary N) is 1. The average Bonchev–Trinajstić information content (AvgIpc) is 3.26. The Labute approximate surface area is 186 Å². The number of carbonyl (C=O) groups excluding carboxylic acids is 1. The number of H-pyrrole nitrogens is 1. The van der Waals surface area contributed by atoms with Crippen molar-refractivity contribution in [3.8, 4) is 16.9 Å². The lowest BCUT2D eigenvalue weighted by Crippen LogP contribution is -2.27. The molecule has 0 atom stereocenters. The number of benzene rings is 2. The lowest BCUT2D eigenvalue weighted by molar-refractivity contribution is 0.0785. The van der Waals surface area contributed by atoms with Gasteiger partial charge in [0, 0.05) is 47.1 Å². The van der Waals surface area contributed by atoms with Gasteiger partial charge in [-0.15, -0.1) is 0 Å². The maximum atomic E-state index is 13.7. The average molecular weight is 432 g/mol. The molecule has 0 aliphatic heterocycles. The SMILES string of the molecule is CCOc1cc(C(=O)N(C)Cc2c(C)nc(C)c3cn[nH]c23)ccc1-c1cccc(F)c1. The zero-order valence-electron chi connectivity index (χ0n) is 18.6. The molecule has 2 aromatic heterocycles. The third-order valence-corrected chi connectivity index (χ3v) is 5.51. The quantitative estimate of drug-likeness (QED) is 0.463. The zero-order valence-corrected chi connectivity index (χ0v) is 18.6. The second-order valence-electron chi connectivity index (χ2n) is 7.74. The minimum Gasteiger partial charge on any atom is -0.493 e. The molecular formula is C25H25FN4O2. The fourth-order valence-electron chi connectivity index (χ4n) is 3.90. The molecule has 7 heteroatoms. The Balaban J connectivity index is 1.64. The number of aryl methyl sites for hydroxylation is 2. The van der Waals surface area contributed by atoms with Crippen LogP contribution in [0.2, 0.25) is 0 Å². The van der Waals surface area contributed by atoms with Crippen LogP contribution in [-0.2, 0) is 6.54 Å². The van der Waals surface area contributed by atoms with Crippen molar-refractivity contribution in [3.05, 3.63) is 77.0 Å². The Kier molecular flexibility index (Phi) is 5.90. The number of nitrogens with zero attached hydrogens (tertiary/aromatic N) is 3. The summed E-state index contributed by atoms with van der Waals surface area (Å²) in [6.45, 7) is 6.56. The number of hydrogen-bond acceptors (Lipinski definition) is 4. The molecule has 0 spiro atoms. The molecule has 6 nitrogen and oxygen atoms in total. The van der Waals surface area contributed by atoms with E-state index in [9.17, 15) is 9.18 Å². The largest absolute Gasteiger partial charge is 0.493 e. The molecule has 2 heterocycles. The molecule has 164 valence electrons. The summed E-state index contributed by atoms with van der Waals surface area (Å²) in [7, 11) is 1.75. The minimum absolute atomic E-state index is 0.149. The molecule has 0 radical (unpaired) electrons. The maximum Gasteiger partial charge on any atom is 0.254 e. The van der Waals surface area contributed by atoms with Crippen molar-refractivity contribution in [2.45, 2.75) is 27.3 Å². The number of amides is 1. The summed E-state index contributed by atoms with van der Waals surface area (Å²) in [6.07, 6.45) is 1.75. The first-order valence-corrected chi connectivity index (χ1v) is 10.5. The van der Waals surface area contributed by atoms with E-state index < -0.39 is 0 Å². The molecule has 0 saturated heterocycles. The Hall–Kier alpha value is -3.74. The summed E-state index contributed by atoms with van der Waals surface area (Å²) >= 11 is 0. The Morgan fingerprint density at radius 1 is 1.16 bits per heavy atom. The van der Waals surface area contributed by atoms with E-state index in [0.717, 1.165) is 33.4 Å². The number of halogens is 1. The number of fused-ring (bicyclic) bond motifs is 1. The van der Waals surface area contributed by atoms with Gasteiger partial charge in [0.05, 0.1) is 18.3 Å². The first-order valence-electron chi connectivity index (χ1n) is 10.5. The van der Waals surface area contributed by atoms with Gasteiger partial charge in [-0.05, 0) is 56.7 Å². The van der Waals surface area contributed by atoms with Crippen molar-refractivity contribution in [2.75, 3.05) is 13.7 Å². The second kappa shape index (κ2) is 8.78. The first-order chi connectivity index (χ1) is 15.4. The fraction of sp³-hybridized carbons (Fsp3) is 0.240. The molecule has 0 fully saturated rings. The van der Waals surface area contributed by atoms with E-state index in [4.69, 9.17) is 4.74 Å². The highest BCUT2D eigenvalue weighted by molar-refractivity contribution is 5.96. The first kappa shape index (κ1) is 21.5. The van der Waals surface area contributed by atoms with E-state index in [1.807, 2.05) is 26.8 Å². The predicted molar refractivity (Wildman–Crippen MR) is 122 cm³/mol. The molecule has 4 aromatic rings. The van der Waals surface area contributed by atoms with Crippen LogP contribution in [0, 0.1) is 19.7 Å². The zero-order chi connectivity index (χ0) is 22.8. The van der Waals surface area contributed by atoms with Gasteiger partial charge in [0.25, 0.3) is 5.91 Å². The molecule has 4 rings (SSSR count). The van der Waals surface area contributed by atoms with Crippen LogP contribution in [0.25, 0.3) is 22.0 Å². The van der Waals surface area contributed by atoms with Gasteiger partial charge in [-0.3, -0.25) is 14.9 Å². The van der Waals surface area contributed by atoms with Crippen molar-refractivity contribution in [1.82, 2.24) is 20.1 Å². The minimum atomic E-state index is -0.322. The van der Waals surface area contributed by atoms with Crippen LogP contribution in [0.3, 0.4) is 0 Å². The van der Waals surface area contributed by atoms with Crippen LogP contribution in [0.5, 0.6) is 5.75 Å². The van der Waals surface area contributed by atoms with E-state index in [0.29, 0.717) is 30.0 Å². The number of carbonyl (C=O) groups is 1. The van der Waals surface area contributed by atoms with Crippen molar-refractivity contribution in [3.63, 3.8) is 0 Å². The van der Waals surface area contributed by atoms with Crippen molar-refractivity contribution in [1.29, 1.82) is 0 Å². The summed E-state index contributed by atoms with van der Waals surface area (Å²) in [5.74, 6) is 0.0721. The number of ether oxygens (including phenoxy) is 1. The van der Waals surface area contributed by atoms with Gasteiger partial charge < -0.3 is 9.64 Å². The van der Waals surface area contributed by atoms with E-state index in [1.165, 1.54) is 12.1 Å². The van der Waals surface area contributed by atoms with E-state index in [1.54, 1.807) is 42.4 Å². The van der Waals surface area contributed by atoms with Gasteiger partial charge in [0.15, 0.2) is 0 Å². The smallest absolute Gasteiger partial charge is 0.254 e. The van der Waals surface area contributed by atoms with Crippen LogP contribution in [0.1, 0.15) is 34.2 Å². The molecule has 0 unspecified atom stereocenters. The molecule has 0 bridgehead atoms. The normalized spacial score (nSPS) is 11.0. The number of rotatable bonds is 6. The summed E-state index contributed by atoms with van der Waals surface area (Å²) in [5, 5.41) is 8.12. The van der Waals surface area contributed by atoms with Gasteiger partial charge >= 0.3 is 0 Å². The van der Waals surface area contributed by atoms with Crippen molar-refractivity contribution < 1.29 is 13.9 Å². The van der Waals surface area contributed by atoms with E-state index in [-0.39, 0.29) is 11.7 Å². The van der Waals surface area contributed by atoms with Crippen LogP contribution in [0.4, 0.5) is 4.39 Å². The van der Waals surface area contributed by atoms with Crippen LogP contribution in [0.15, 0.2) is 48.7 Å². The highest BCUT2D eigenvalue weighted by atomic mass is 19.1. The van der Waals surface area contributed by atoms with Crippen LogP contribution < -0.4 is 4.74 Å². The number of aromatic amines is 1. The molecule has 0 saturated carbocycles. The van der Waals surface area contributed by atoms with Crippen molar-refractivity contribution >= 4 is 16.8 Å². The highest BCUT2D eigenvalue weighted by Gasteiger charge is 2.19. The van der Waals surface area contributed by atoms with E-state index >= 15 is 0 Å². The van der Waals surface area contributed by atoms with Gasteiger partial charge in [-0.1, -0.05) is 12.1 Å². The summed E-state index contributed by atoms with van der Waals surface area (Å²) in [4.78, 5) is 19.5. The van der Waals surface area contributed by atoms with Gasteiger partial charge in [-0.2, -0.15) is 5.10 Å². The van der Waals surface area contributed by atoms with Gasteiger partial charge in [0.2, 0.25) is 0 Å². The van der Waals surface area contributed by atoms with Gasteiger partial charge in [0.1, 0.15) is 11.6 Å². The Morgan fingerprint density at radius 3 is 2.72 bits per heavy atom. The monoisotopic (exact) mass is 432 g/mol. The lowest BCUT2D eigenvalue weighted by Gasteiger charge is -2.20. The van der Waals surface area contributed by atoms with Crippen LogP contribution in [-0.4, -0.2) is 39.6 Å². The molecule has 32 heavy (non-hydrogen) atoms. The third-order valence-electron chi connectivity index (χ3n) is 5.51. The molecule has 1 amide bonds. The number of hydrogen-bond donors (Lipinski definition) is 1. The Morgan fingerprint density at radius 2 is 1.97 bits per heavy atom. The molecule has 2 aromatic carbocycles. The number of aromatic nitrogens is 3. The highest BCUT2D eigenvalue weighted by Crippen LogP contribution is 2.32.